The highest BCUT2D eigenvalue weighted by atomic mass is 16.4. The molecule has 0 saturated carbocycles. The third-order valence-corrected chi connectivity index (χ3v) is 2.76. The zero-order valence-electron chi connectivity index (χ0n) is 10.3. The predicted molar refractivity (Wildman–Crippen MR) is 74.1 cm³/mol. The molecule has 0 amide bonds. The Hall–Kier alpha value is -2.62. The van der Waals surface area contributed by atoms with Gasteiger partial charge in [-0.3, -0.25) is 0 Å². The summed E-state index contributed by atoms with van der Waals surface area (Å²) in [6, 6.07) is 18.7. The van der Waals surface area contributed by atoms with Crippen molar-refractivity contribution in [1.82, 2.24) is 0 Å². The highest BCUT2D eigenvalue weighted by Gasteiger charge is 2.13. The largest absolute Gasteiger partial charge is 0.411 e. The maximum atomic E-state index is 9.16. The SMILES string of the molecule is ON=C(Cc1ccccc1)C(=NO)c1ccccc1. The van der Waals surface area contributed by atoms with Crippen LogP contribution in [0.5, 0.6) is 0 Å². The lowest BCUT2D eigenvalue weighted by atomic mass is 10.00. The number of nitrogens with zero attached hydrogens (tertiary/aromatic N) is 2. The van der Waals surface area contributed by atoms with E-state index in [-0.39, 0.29) is 5.71 Å². The van der Waals surface area contributed by atoms with Crippen LogP contribution in [-0.4, -0.2) is 21.8 Å². The van der Waals surface area contributed by atoms with Crippen LogP contribution in [-0.2, 0) is 6.42 Å². The van der Waals surface area contributed by atoms with Crippen molar-refractivity contribution >= 4 is 11.4 Å². The number of rotatable bonds is 4. The fraction of sp³-hybridized carbons (Fsp3) is 0.0667. The van der Waals surface area contributed by atoms with Crippen molar-refractivity contribution in [2.45, 2.75) is 6.42 Å². The van der Waals surface area contributed by atoms with Crippen molar-refractivity contribution in [3.8, 4) is 0 Å². The molecule has 4 nitrogen and oxygen atoms in total. The molecule has 2 aromatic rings. The van der Waals surface area contributed by atoms with Gasteiger partial charge in [0.25, 0.3) is 0 Å². The van der Waals surface area contributed by atoms with E-state index in [0.29, 0.717) is 17.7 Å². The lowest BCUT2D eigenvalue weighted by Gasteiger charge is -2.07. The fourth-order valence-electron chi connectivity index (χ4n) is 1.83. The first-order valence-electron chi connectivity index (χ1n) is 5.88. The van der Waals surface area contributed by atoms with Crippen LogP contribution in [0.2, 0.25) is 0 Å². The smallest absolute Gasteiger partial charge is 0.135 e. The van der Waals surface area contributed by atoms with Crippen molar-refractivity contribution in [1.29, 1.82) is 0 Å². The Bertz CT molecular complexity index is 578. The lowest BCUT2D eigenvalue weighted by Crippen LogP contribution is -2.18. The zero-order chi connectivity index (χ0) is 13.5. The average molecular weight is 254 g/mol. The topological polar surface area (TPSA) is 65.2 Å². The van der Waals surface area contributed by atoms with Gasteiger partial charge >= 0.3 is 0 Å². The third kappa shape index (κ3) is 3.19. The van der Waals surface area contributed by atoms with E-state index in [0.717, 1.165) is 5.56 Å². The average Bonchev–Trinajstić information content (AvgIpc) is 2.49. The van der Waals surface area contributed by atoms with Crippen LogP contribution in [0.1, 0.15) is 11.1 Å². The standard InChI is InChI=1S/C15H14N2O2/c18-16-14(11-12-7-3-1-4-8-12)15(17-19)13-9-5-2-6-10-13/h1-10,18-19H,11H2. The molecule has 4 heteroatoms. The van der Waals surface area contributed by atoms with Crippen LogP contribution in [0.3, 0.4) is 0 Å². The fourth-order valence-corrected chi connectivity index (χ4v) is 1.83. The molecule has 0 radical (unpaired) electrons. The van der Waals surface area contributed by atoms with Crippen molar-refractivity contribution in [3.63, 3.8) is 0 Å². The van der Waals surface area contributed by atoms with Crippen molar-refractivity contribution in [2.24, 2.45) is 10.3 Å². The maximum Gasteiger partial charge on any atom is 0.135 e. The second-order valence-corrected chi connectivity index (χ2v) is 4.02. The minimum atomic E-state index is 0.270. The molecule has 0 fully saturated rings. The molecule has 0 aliphatic heterocycles. The molecule has 0 spiro atoms. The Labute approximate surface area is 111 Å². The molecule has 0 heterocycles. The van der Waals surface area contributed by atoms with Gasteiger partial charge in [-0.25, -0.2) is 0 Å². The monoisotopic (exact) mass is 254 g/mol. The lowest BCUT2D eigenvalue weighted by molar-refractivity contribution is 0.313. The van der Waals surface area contributed by atoms with Crippen LogP contribution in [0.15, 0.2) is 71.0 Å². The Balaban J connectivity index is 2.27. The zero-order valence-corrected chi connectivity index (χ0v) is 10.3. The van der Waals surface area contributed by atoms with Crippen LogP contribution < -0.4 is 0 Å². The first kappa shape index (κ1) is 12.8. The summed E-state index contributed by atoms with van der Waals surface area (Å²) in [7, 11) is 0. The van der Waals surface area contributed by atoms with Gasteiger partial charge in [0.1, 0.15) is 11.4 Å². The van der Waals surface area contributed by atoms with Crippen LogP contribution in [0.25, 0.3) is 0 Å². The van der Waals surface area contributed by atoms with Crippen molar-refractivity contribution < 1.29 is 10.4 Å². The highest BCUT2D eigenvalue weighted by molar-refractivity contribution is 6.48. The van der Waals surface area contributed by atoms with E-state index in [4.69, 9.17) is 10.4 Å². The van der Waals surface area contributed by atoms with E-state index in [2.05, 4.69) is 10.3 Å². The van der Waals surface area contributed by atoms with E-state index in [1.807, 2.05) is 48.5 Å². The molecule has 2 aromatic carbocycles. The van der Waals surface area contributed by atoms with Crippen LogP contribution >= 0.6 is 0 Å². The number of hydrogen-bond acceptors (Lipinski definition) is 4. The number of benzene rings is 2. The third-order valence-electron chi connectivity index (χ3n) is 2.76. The van der Waals surface area contributed by atoms with Gasteiger partial charge in [0.15, 0.2) is 0 Å². The number of oxime groups is 2. The molecule has 0 aliphatic rings. The summed E-state index contributed by atoms with van der Waals surface area (Å²) in [5, 5.41) is 24.8. The van der Waals surface area contributed by atoms with E-state index >= 15 is 0 Å². The molecule has 0 atom stereocenters. The van der Waals surface area contributed by atoms with Gasteiger partial charge in [-0.05, 0) is 5.56 Å². The van der Waals surface area contributed by atoms with Gasteiger partial charge in [0.05, 0.1) is 0 Å². The summed E-state index contributed by atoms with van der Waals surface area (Å²) in [6.45, 7) is 0. The summed E-state index contributed by atoms with van der Waals surface area (Å²) in [5.74, 6) is 0. The summed E-state index contributed by atoms with van der Waals surface area (Å²) in [5.41, 5.74) is 2.27. The Morgan fingerprint density at radius 2 is 1.37 bits per heavy atom. The van der Waals surface area contributed by atoms with Gasteiger partial charge in [-0.15, -0.1) is 0 Å². The first-order chi connectivity index (χ1) is 9.35. The van der Waals surface area contributed by atoms with Gasteiger partial charge in [-0.2, -0.15) is 0 Å². The molecule has 2 rings (SSSR count). The van der Waals surface area contributed by atoms with Gasteiger partial charge in [-0.1, -0.05) is 71.0 Å². The molecule has 0 aromatic heterocycles. The first-order valence-corrected chi connectivity index (χ1v) is 5.88. The normalized spacial score (nSPS) is 12.4. The quantitative estimate of drug-likeness (QED) is 0.500. The van der Waals surface area contributed by atoms with Gasteiger partial charge < -0.3 is 10.4 Å². The molecule has 0 bridgehead atoms. The van der Waals surface area contributed by atoms with Gasteiger partial charge in [0, 0.05) is 12.0 Å². The Morgan fingerprint density at radius 3 is 1.89 bits per heavy atom. The van der Waals surface area contributed by atoms with E-state index in [1.54, 1.807) is 12.1 Å². The predicted octanol–water partition coefficient (Wildman–Crippen LogP) is 2.94. The summed E-state index contributed by atoms with van der Waals surface area (Å²) in [4.78, 5) is 0. The summed E-state index contributed by atoms with van der Waals surface area (Å²) >= 11 is 0. The summed E-state index contributed by atoms with van der Waals surface area (Å²) < 4.78 is 0. The molecular weight excluding hydrogens is 240 g/mol. The highest BCUT2D eigenvalue weighted by Crippen LogP contribution is 2.08. The maximum absolute atomic E-state index is 9.16. The van der Waals surface area contributed by atoms with Crippen LogP contribution in [0.4, 0.5) is 0 Å². The van der Waals surface area contributed by atoms with Crippen molar-refractivity contribution in [2.75, 3.05) is 0 Å². The molecule has 0 saturated heterocycles. The molecule has 0 aliphatic carbocycles. The van der Waals surface area contributed by atoms with Gasteiger partial charge in [0.2, 0.25) is 0 Å². The minimum Gasteiger partial charge on any atom is -0.411 e. The molecule has 19 heavy (non-hydrogen) atoms. The molecule has 96 valence electrons. The van der Waals surface area contributed by atoms with E-state index < -0.39 is 0 Å². The summed E-state index contributed by atoms with van der Waals surface area (Å²) in [6.07, 6.45) is 0.394. The molecule has 0 unspecified atom stereocenters. The van der Waals surface area contributed by atoms with Crippen LogP contribution in [0, 0.1) is 0 Å². The van der Waals surface area contributed by atoms with Crippen molar-refractivity contribution in [3.05, 3.63) is 71.8 Å². The molecule has 2 N–H and O–H groups in total. The number of hydrogen-bond donors (Lipinski definition) is 2. The minimum absolute atomic E-state index is 0.270. The van der Waals surface area contributed by atoms with E-state index in [1.165, 1.54) is 0 Å². The second-order valence-electron chi connectivity index (χ2n) is 4.02. The molecular formula is C15H14N2O2. The Morgan fingerprint density at radius 1 is 0.789 bits per heavy atom. The van der Waals surface area contributed by atoms with E-state index in [9.17, 15) is 0 Å². The second kappa shape index (κ2) is 6.35. The Kier molecular flexibility index (Phi) is 4.29.